The Labute approximate surface area is 140 Å². The third-order valence-electron chi connectivity index (χ3n) is 4.53. The summed E-state index contributed by atoms with van der Waals surface area (Å²) in [7, 11) is 0. The molecule has 0 bridgehead atoms. The number of nitrogens with zero attached hydrogens (tertiary/aromatic N) is 3. The SMILES string of the molecule is O=C(NC1CCCN(c2cnc3cc(Cl)ccc3n2)C1)C1CC1. The lowest BCUT2D eigenvalue weighted by molar-refractivity contribution is -0.123. The zero-order chi connectivity index (χ0) is 15.8. The normalized spacial score (nSPS) is 21.4. The maximum Gasteiger partial charge on any atom is 0.223 e. The van der Waals surface area contributed by atoms with Gasteiger partial charge in [-0.15, -0.1) is 0 Å². The van der Waals surface area contributed by atoms with Gasteiger partial charge < -0.3 is 10.2 Å². The van der Waals surface area contributed by atoms with E-state index in [1.54, 1.807) is 6.20 Å². The maximum absolute atomic E-state index is 12.0. The van der Waals surface area contributed by atoms with Crippen molar-refractivity contribution in [3.8, 4) is 0 Å². The van der Waals surface area contributed by atoms with Crippen LogP contribution in [0.1, 0.15) is 25.7 Å². The maximum atomic E-state index is 12.0. The molecule has 5 nitrogen and oxygen atoms in total. The van der Waals surface area contributed by atoms with E-state index in [1.807, 2.05) is 18.2 Å². The van der Waals surface area contributed by atoms with Gasteiger partial charge in [0.2, 0.25) is 5.91 Å². The predicted molar refractivity (Wildman–Crippen MR) is 90.6 cm³/mol. The van der Waals surface area contributed by atoms with Crippen LogP contribution >= 0.6 is 11.6 Å². The van der Waals surface area contributed by atoms with Gasteiger partial charge >= 0.3 is 0 Å². The number of halogens is 1. The average Bonchev–Trinajstić information content (AvgIpc) is 3.39. The number of amides is 1. The summed E-state index contributed by atoms with van der Waals surface area (Å²) < 4.78 is 0. The van der Waals surface area contributed by atoms with Gasteiger partial charge in [-0.05, 0) is 43.9 Å². The van der Waals surface area contributed by atoms with Gasteiger partial charge in [0.1, 0.15) is 5.82 Å². The van der Waals surface area contributed by atoms with Crippen LogP contribution in [0.2, 0.25) is 5.02 Å². The first kappa shape index (κ1) is 14.7. The fraction of sp³-hybridized carbons (Fsp3) is 0.471. The van der Waals surface area contributed by atoms with Crippen molar-refractivity contribution in [3.63, 3.8) is 0 Å². The Morgan fingerprint density at radius 1 is 1.26 bits per heavy atom. The van der Waals surface area contributed by atoms with E-state index in [9.17, 15) is 4.79 Å². The summed E-state index contributed by atoms with van der Waals surface area (Å²) in [5, 5.41) is 3.85. The fourth-order valence-corrected chi connectivity index (χ4v) is 3.26. The summed E-state index contributed by atoms with van der Waals surface area (Å²) in [6.07, 6.45) is 5.97. The Morgan fingerprint density at radius 3 is 2.96 bits per heavy atom. The molecule has 1 aliphatic carbocycles. The first-order chi connectivity index (χ1) is 11.2. The molecule has 2 aliphatic rings. The minimum absolute atomic E-state index is 0.208. The average molecular weight is 331 g/mol. The standard InChI is InChI=1S/C17H19ClN4O/c18-12-5-6-14-15(8-12)19-9-16(21-14)22-7-1-2-13(10-22)20-17(23)11-3-4-11/h5-6,8-9,11,13H,1-4,7,10H2,(H,20,23). The van der Waals surface area contributed by atoms with Crippen molar-refractivity contribution in [2.24, 2.45) is 5.92 Å². The summed E-state index contributed by atoms with van der Waals surface area (Å²) in [5.74, 6) is 1.34. The van der Waals surface area contributed by atoms with Crippen LogP contribution in [0.4, 0.5) is 5.82 Å². The van der Waals surface area contributed by atoms with Crippen LogP contribution in [0.25, 0.3) is 11.0 Å². The lowest BCUT2D eigenvalue weighted by atomic mass is 10.1. The molecule has 1 aromatic carbocycles. The molecule has 2 aromatic rings. The van der Waals surface area contributed by atoms with Crippen molar-refractivity contribution in [1.82, 2.24) is 15.3 Å². The third-order valence-corrected chi connectivity index (χ3v) is 4.77. The van der Waals surface area contributed by atoms with E-state index in [0.29, 0.717) is 5.02 Å². The number of hydrogen-bond donors (Lipinski definition) is 1. The van der Waals surface area contributed by atoms with Crippen LogP contribution in [0.3, 0.4) is 0 Å². The lowest BCUT2D eigenvalue weighted by Gasteiger charge is -2.33. The molecule has 0 radical (unpaired) electrons. The molecule has 0 spiro atoms. The van der Waals surface area contributed by atoms with E-state index in [2.05, 4.69) is 15.2 Å². The van der Waals surface area contributed by atoms with Crippen LogP contribution in [0.5, 0.6) is 0 Å². The molecule has 1 unspecified atom stereocenters. The topological polar surface area (TPSA) is 58.1 Å². The number of anilines is 1. The van der Waals surface area contributed by atoms with Crippen molar-refractivity contribution in [1.29, 1.82) is 0 Å². The minimum Gasteiger partial charge on any atom is -0.353 e. The van der Waals surface area contributed by atoms with Gasteiger partial charge in [0.15, 0.2) is 0 Å². The number of fused-ring (bicyclic) bond motifs is 1. The van der Waals surface area contributed by atoms with E-state index in [-0.39, 0.29) is 17.9 Å². The first-order valence-corrected chi connectivity index (χ1v) is 8.54. The highest BCUT2D eigenvalue weighted by Crippen LogP contribution is 2.29. The number of rotatable bonds is 3. The number of nitrogens with one attached hydrogen (secondary N) is 1. The molecule has 1 saturated carbocycles. The Balaban J connectivity index is 1.50. The highest BCUT2D eigenvalue weighted by molar-refractivity contribution is 6.31. The van der Waals surface area contributed by atoms with Gasteiger partial charge in [-0.3, -0.25) is 9.78 Å². The zero-order valence-corrected chi connectivity index (χ0v) is 13.6. The number of carbonyl (C=O) groups is 1. The fourth-order valence-electron chi connectivity index (χ4n) is 3.09. The summed E-state index contributed by atoms with van der Waals surface area (Å²) >= 11 is 5.99. The zero-order valence-electron chi connectivity index (χ0n) is 12.8. The van der Waals surface area contributed by atoms with Crippen molar-refractivity contribution in [2.45, 2.75) is 31.7 Å². The van der Waals surface area contributed by atoms with E-state index < -0.39 is 0 Å². The highest BCUT2D eigenvalue weighted by atomic mass is 35.5. The Bertz CT molecular complexity index is 746. The van der Waals surface area contributed by atoms with Crippen LogP contribution < -0.4 is 10.2 Å². The predicted octanol–water partition coefficient (Wildman–Crippen LogP) is 2.78. The second-order valence-electron chi connectivity index (χ2n) is 6.43. The first-order valence-electron chi connectivity index (χ1n) is 8.17. The molecule has 1 amide bonds. The molecule has 1 saturated heterocycles. The molecule has 2 fully saturated rings. The number of carbonyl (C=O) groups excluding carboxylic acids is 1. The van der Waals surface area contributed by atoms with E-state index in [1.165, 1.54) is 0 Å². The Morgan fingerprint density at radius 2 is 2.13 bits per heavy atom. The molecule has 1 aliphatic heterocycles. The molecule has 1 atom stereocenters. The van der Waals surface area contributed by atoms with Crippen molar-refractivity contribution in [3.05, 3.63) is 29.4 Å². The number of benzene rings is 1. The van der Waals surface area contributed by atoms with Gasteiger partial charge in [-0.2, -0.15) is 0 Å². The van der Waals surface area contributed by atoms with E-state index >= 15 is 0 Å². The Kier molecular flexibility index (Phi) is 3.81. The van der Waals surface area contributed by atoms with Gasteiger partial charge in [0.25, 0.3) is 0 Å². The van der Waals surface area contributed by atoms with Gasteiger partial charge in [-0.25, -0.2) is 4.98 Å². The quantitative estimate of drug-likeness (QED) is 0.940. The monoisotopic (exact) mass is 330 g/mol. The number of hydrogen-bond acceptors (Lipinski definition) is 4. The lowest BCUT2D eigenvalue weighted by Crippen LogP contribution is -2.48. The van der Waals surface area contributed by atoms with Crippen LogP contribution in [0, 0.1) is 5.92 Å². The van der Waals surface area contributed by atoms with Crippen LogP contribution in [-0.2, 0) is 4.79 Å². The number of aromatic nitrogens is 2. The van der Waals surface area contributed by atoms with Crippen molar-refractivity contribution >= 4 is 34.4 Å². The van der Waals surface area contributed by atoms with E-state index in [4.69, 9.17) is 16.6 Å². The molecule has 1 N–H and O–H groups in total. The molecular weight excluding hydrogens is 312 g/mol. The summed E-state index contributed by atoms with van der Waals surface area (Å²) in [4.78, 5) is 23.3. The van der Waals surface area contributed by atoms with Crippen molar-refractivity contribution in [2.75, 3.05) is 18.0 Å². The highest BCUT2D eigenvalue weighted by Gasteiger charge is 2.32. The molecule has 2 heterocycles. The van der Waals surface area contributed by atoms with Crippen molar-refractivity contribution < 1.29 is 4.79 Å². The molecule has 23 heavy (non-hydrogen) atoms. The van der Waals surface area contributed by atoms with Gasteiger partial charge in [-0.1, -0.05) is 11.6 Å². The van der Waals surface area contributed by atoms with E-state index in [0.717, 1.165) is 55.6 Å². The van der Waals surface area contributed by atoms with Crippen LogP contribution in [-0.4, -0.2) is 35.0 Å². The Hall–Kier alpha value is -1.88. The molecular formula is C17H19ClN4O. The summed E-state index contributed by atoms with van der Waals surface area (Å²) in [6, 6.07) is 5.75. The second-order valence-corrected chi connectivity index (χ2v) is 6.87. The molecule has 1 aromatic heterocycles. The molecule has 120 valence electrons. The largest absolute Gasteiger partial charge is 0.353 e. The summed E-state index contributed by atoms with van der Waals surface area (Å²) in [6.45, 7) is 1.75. The minimum atomic E-state index is 0.208. The van der Waals surface area contributed by atoms with Gasteiger partial charge in [0, 0.05) is 30.1 Å². The second kappa shape index (κ2) is 5.96. The number of piperidine rings is 1. The summed E-state index contributed by atoms with van der Waals surface area (Å²) in [5.41, 5.74) is 1.65. The third kappa shape index (κ3) is 3.24. The molecule has 4 rings (SSSR count). The smallest absolute Gasteiger partial charge is 0.223 e. The van der Waals surface area contributed by atoms with Gasteiger partial charge in [0.05, 0.1) is 17.2 Å². The van der Waals surface area contributed by atoms with Crippen LogP contribution in [0.15, 0.2) is 24.4 Å². The molecule has 6 heteroatoms.